The summed E-state index contributed by atoms with van der Waals surface area (Å²) in [6.07, 6.45) is 4.14. The molecule has 23 heavy (non-hydrogen) atoms. The number of aryl methyl sites for hydroxylation is 1. The van der Waals surface area contributed by atoms with Gasteiger partial charge in [0.2, 0.25) is 0 Å². The Hall–Kier alpha value is -1.40. The molecule has 1 aromatic rings. The number of piperidine rings is 1. The summed E-state index contributed by atoms with van der Waals surface area (Å²) in [4.78, 5) is 14.7. The zero-order chi connectivity index (χ0) is 17.2. The molecule has 2 atom stereocenters. The number of carbonyl (C=O) groups is 1. The first-order valence-electron chi connectivity index (χ1n) is 8.35. The molecule has 0 aromatic carbocycles. The highest BCUT2D eigenvalue weighted by atomic mass is 16.6. The lowest BCUT2D eigenvalue weighted by Crippen LogP contribution is -2.45. The summed E-state index contributed by atoms with van der Waals surface area (Å²) >= 11 is 0. The molecule has 1 fully saturated rings. The molecule has 6 nitrogen and oxygen atoms in total. The van der Waals surface area contributed by atoms with Gasteiger partial charge in [-0.25, -0.2) is 4.79 Å². The highest BCUT2D eigenvalue weighted by Crippen LogP contribution is 2.18. The van der Waals surface area contributed by atoms with Crippen LogP contribution >= 0.6 is 0 Å². The first-order chi connectivity index (χ1) is 10.7. The van der Waals surface area contributed by atoms with Gasteiger partial charge in [-0.1, -0.05) is 0 Å². The molecule has 1 saturated heterocycles. The first kappa shape index (κ1) is 17.9. The molecule has 130 valence electrons. The van der Waals surface area contributed by atoms with Gasteiger partial charge in [-0.15, -0.1) is 0 Å². The largest absolute Gasteiger partial charge is 0.455 e. The summed E-state index contributed by atoms with van der Waals surface area (Å²) in [6.45, 7) is 9.60. The van der Waals surface area contributed by atoms with E-state index in [9.17, 15) is 4.79 Å². The second-order valence-electron chi connectivity index (χ2n) is 7.61. The monoisotopic (exact) mass is 322 g/mol. The Morgan fingerprint density at radius 2 is 2.13 bits per heavy atom. The topological polar surface area (TPSA) is 59.4 Å². The first-order valence-corrected chi connectivity index (χ1v) is 8.35. The smallest absolute Gasteiger partial charge is 0.359 e. The molecule has 0 amide bonds. The summed E-state index contributed by atoms with van der Waals surface area (Å²) in [5.41, 5.74) is 0.798. The van der Waals surface area contributed by atoms with Crippen molar-refractivity contribution in [1.82, 2.24) is 20.0 Å². The molecule has 6 heteroatoms. The van der Waals surface area contributed by atoms with Crippen molar-refractivity contribution in [3.8, 4) is 0 Å². The van der Waals surface area contributed by atoms with E-state index in [1.807, 2.05) is 34.0 Å². The molecule has 1 aliphatic heterocycles. The molecule has 1 aliphatic rings. The Bertz CT molecular complexity index is 547. The van der Waals surface area contributed by atoms with Crippen LogP contribution in [0, 0.1) is 0 Å². The van der Waals surface area contributed by atoms with Crippen LogP contribution in [0.5, 0.6) is 0 Å². The minimum absolute atomic E-state index is 0.355. The van der Waals surface area contributed by atoms with Gasteiger partial charge in [-0.2, -0.15) is 5.10 Å². The fraction of sp³-hybridized carbons (Fsp3) is 0.765. The maximum absolute atomic E-state index is 12.3. The van der Waals surface area contributed by atoms with E-state index in [2.05, 4.69) is 29.3 Å². The Kier molecular flexibility index (Phi) is 5.47. The lowest BCUT2D eigenvalue weighted by molar-refractivity contribution is 0.00606. The zero-order valence-electron chi connectivity index (χ0n) is 15.2. The maximum Gasteiger partial charge on any atom is 0.359 e. The van der Waals surface area contributed by atoms with Gasteiger partial charge in [-0.3, -0.25) is 4.68 Å². The van der Waals surface area contributed by atoms with Crippen molar-refractivity contribution in [3.63, 3.8) is 0 Å². The minimum Gasteiger partial charge on any atom is -0.455 e. The van der Waals surface area contributed by atoms with Crippen molar-refractivity contribution in [2.75, 3.05) is 13.6 Å². The van der Waals surface area contributed by atoms with E-state index in [0.717, 1.165) is 24.9 Å². The van der Waals surface area contributed by atoms with E-state index < -0.39 is 5.60 Å². The van der Waals surface area contributed by atoms with Gasteiger partial charge in [0, 0.05) is 37.4 Å². The number of nitrogens with zero attached hydrogens (tertiary/aromatic N) is 3. The Morgan fingerprint density at radius 1 is 1.43 bits per heavy atom. The van der Waals surface area contributed by atoms with E-state index >= 15 is 0 Å². The predicted molar refractivity (Wildman–Crippen MR) is 90.3 cm³/mol. The van der Waals surface area contributed by atoms with E-state index in [0.29, 0.717) is 24.3 Å². The highest BCUT2D eigenvalue weighted by molar-refractivity contribution is 5.89. The molecule has 2 rings (SSSR count). The van der Waals surface area contributed by atoms with Gasteiger partial charge >= 0.3 is 5.97 Å². The van der Waals surface area contributed by atoms with Gasteiger partial charge < -0.3 is 15.0 Å². The second kappa shape index (κ2) is 7.01. The molecular weight excluding hydrogens is 292 g/mol. The molecule has 1 N–H and O–H groups in total. The fourth-order valence-electron chi connectivity index (χ4n) is 2.89. The Morgan fingerprint density at radius 3 is 2.74 bits per heavy atom. The average Bonchev–Trinajstić information content (AvgIpc) is 2.79. The van der Waals surface area contributed by atoms with Crippen LogP contribution in [0.25, 0.3) is 0 Å². The second-order valence-corrected chi connectivity index (χ2v) is 7.61. The number of hydrogen-bond acceptors (Lipinski definition) is 5. The van der Waals surface area contributed by atoms with E-state index in [1.54, 1.807) is 4.68 Å². The van der Waals surface area contributed by atoms with Gasteiger partial charge in [0.05, 0.1) is 0 Å². The lowest BCUT2D eigenvalue weighted by atomic mass is 9.99. The van der Waals surface area contributed by atoms with Crippen LogP contribution in [-0.4, -0.2) is 51.9 Å². The molecule has 2 heterocycles. The summed E-state index contributed by atoms with van der Waals surface area (Å²) in [6, 6.07) is 1.06. The molecule has 0 spiro atoms. The molecule has 0 saturated carbocycles. The third-order valence-corrected chi connectivity index (χ3v) is 4.29. The van der Waals surface area contributed by atoms with E-state index in [-0.39, 0.29) is 5.97 Å². The third kappa shape index (κ3) is 5.04. The molecular formula is C17H30N4O2. The number of nitrogens with one attached hydrogen (secondary N) is 1. The normalized spacial score (nSPS) is 23.0. The van der Waals surface area contributed by atoms with Gasteiger partial charge in [0.1, 0.15) is 5.60 Å². The molecule has 0 bridgehead atoms. The van der Waals surface area contributed by atoms with Crippen LogP contribution in [0.2, 0.25) is 0 Å². The molecule has 1 aromatic heterocycles. The maximum atomic E-state index is 12.3. The number of aromatic nitrogens is 2. The van der Waals surface area contributed by atoms with Crippen molar-refractivity contribution in [2.24, 2.45) is 7.05 Å². The highest BCUT2D eigenvalue weighted by Gasteiger charge is 2.25. The van der Waals surface area contributed by atoms with E-state index in [4.69, 9.17) is 4.74 Å². The van der Waals surface area contributed by atoms with Crippen molar-refractivity contribution >= 4 is 5.97 Å². The number of esters is 1. The average molecular weight is 322 g/mol. The van der Waals surface area contributed by atoms with Crippen LogP contribution in [0.15, 0.2) is 6.20 Å². The van der Waals surface area contributed by atoms with Crippen molar-refractivity contribution in [1.29, 1.82) is 0 Å². The molecule has 0 aliphatic carbocycles. The van der Waals surface area contributed by atoms with Crippen molar-refractivity contribution < 1.29 is 9.53 Å². The number of carbonyl (C=O) groups excluding carboxylic acids is 1. The van der Waals surface area contributed by atoms with Gasteiger partial charge in [0.25, 0.3) is 0 Å². The predicted octanol–water partition coefficient (Wildman–Crippen LogP) is 1.95. The summed E-state index contributed by atoms with van der Waals surface area (Å²) in [5.74, 6) is -0.355. The fourth-order valence-corrected chi connectivity index (χ4v) is 2.89. The lowest BCUT2D eigenvalue weighted by Gasteiger charge is -2.35. The Balaban J connectivity index is 1.99. The number of likely N-dealkylation sites (tertiary alicyclic amines) is 1. The Labute approximate surface area is 139 Å². The summed E-state index contributed by atoms with van der Waals surface area (Å²) in [5, 5.41) is 7.85. The number of rotatable bonds is 4. The van der Waals surface area contributed by atoms with Crippen molar-refractivity contribution in [2.45, 2.75) is 64.8 Å². The molecule has 0 unspecified atom stereocenters. The van der Waals surface area contributed by atoms with Crippen LogP contribution < -0.4 is 5.32 Å². The number of ether oxygens (including phenoxy) is 1. The van der Waals surface area contributed by atoms with Crippen molar-refractivity contribution in [3.05, 3.63) is 17.5 Å². The molecule has 0 radical (unpaired) electrons. The summed E-state index contributed by atoms with van der Waals surface area (Å²) < 4.78 is 7.13. The van der Waals surface area contributed by atoms with Crippen LogP contribution in [0.3, 0.4) is 0 Å². The summed E-state index contributed by atoms with van der Waals surface area (Å²) in [7, 11) is 4.00. The van der Waals surface area contributed by atoms with E-state index in [1.165, 1.54) is 0 Å². The third-order valence-electron chi connectivity index (χ3n) is 4.29. The SMILES string of the molecule is C[C@H]1C[C@@H](NCc2cn(C)nc2C(=O)OC(C)(C)C)CCN1C. The van der Waals surface area contributed by atoms with Crippen LogP contribution in [0.1, 0.15) is 56.6 Å². The quantitative estimate of drug-likeness (QED) is 0.859. The minimum atomic E-state index is -0.511. The van der Waals surface area contributed by atoms with Crippen LogP contribution in [-0.2, 0) is 18.3 Å². The number of hydrogen-bond donors (Lipinski definition) is 1. The standard InChI is InChI=1S/C17H30N4O2/c1-12-9-14(7-8-20(12)5)18-10-13-11-21(6)19-15(13)16(22)23-17(2,3)4/h11-12,14,18H,7-10H2,1-6H3/t12-,14-/m0/s1. The van der Waals surface area contributed by atoms with Crippen LogP contribution in [0.4, 0.5) is 0 Å². The van der Waals surface area contributed by atoms with Gasteiger partial charge in [-0.05, 0) is 54.1 Å². The van der Waals surface area contributed by atoms with Gasteiger partial charge in [0.15, 0.2) is 5.69 Å². The zero-order valence-corrected chi connectivity index (χ0v) is 15.2.